The van der Waals surface area contributed by atoms with E-state index in [-0.39, 0.29) is 36.5 Å². The van der Waals surface area contributed by atoms with Gasteiger partial charge in [-0.15, -0.1) is 0 Å². The third kappa shape index (κ3) is 4.89. The Morgan fingerprint density at radius 3 is 2.16 bits per heavy atom. The monoisotopic (exact) mass is 435 g/mol. The molecule has 0 saturated carbocycles. The van der Waals surface area contributed by atoms with Crippen LogP contribution in [0.3, 0.4) is 0 Å². The second kappa shape index (κ2) is 9.63. The molecule has 0 aromatic heterocycles. The number of carbonyl (C=O) groups excluding carboxylic acids is 3. The maximum Gasteiger partial charge on any atom is 0.261 e. The number of nitrogens with one attached hydrogen (secondary N) is 1. The van der Waals surface area contributed by atoms with E-state index in [1.807, 2.05) is 0 Å². The van der Waals surface area contributed by atoms with Gasteiger partial charge in [-0.3, -0.25) is 24.2 Å². The number of imide groups is 1. The Bertz CT molecular complexity index is 960. The normalized spacial score (nSPS) is 21.0. The summed E-state index contributed by atoms with van der Waals surface area (Å²) in [6.07, 6.45) is 1.36. The summed E-state index contributed by atoms with van der Waals surface area (Å²) in [5, 5.41) is 2.96. The van der Waals surface area contributed by atoms with Crippen molar-refractivity contribution in [3.63, 3.8) is 0 Å². The van der Waals surface area contributed by atoms with E-state index in [1.165, 1.54) is 4.90 Å². The number of hydrogen-bond donors (Lipinski definition) is 1. The number of ether oxygens (including phenoxy) is 1. The number of amides is 3. The lowest BCUT2D eigenvalue weighted by Crippen LogP contribution is -2.46. The molecular formula is C25H29N3O4. The lowest BCUT2D eigenvalue weighted by molar-refractivity contribution is -0.0680. The number of carbonyl (C=O) groups is 3. The van der Waals surface area contributed by atoms with E-state index in [2.05, 4.69) is 24.1 Å². The van der Waals surface area contributed by atoms with Gasteiger partial charge in [0.1, 0.15) is 0 Å². The van der Waals surface area contributed by atoms with Gasteiger partial charge in [-0.1, -0.05) is 24.3 Å². The molecular weight excluding hydrogens is 406 g/mol. The van der Waals surface area contributed by atoms with E-state index >= 15 is 0 Å². The minimum atomic E-state index is -0.281. The summed E-state index contributed by atoms with van der Waals surface area (Å²) < 4.78 is 5.75. The first-order valence-corrected chi connectivity index (χ1v) is 11.1. The molecule has 1 saturated heterocycles. The summed E-state index contributed by atoms with van der Waals surface area (Å²) in [5.41, 5.74) is 2.24. The number of rotatable bonds is 7. The van der Waals surface area contributed by atoms with E-state index in [0.717, 1.165) is 31.6 Å². The van der Waals surface area contributed by atoms with Gasteiger partial charge in [-0.2, -0.15) is 0 Å². The first-order chi connectivity index (χ1) is 15.4. The average Bonchev–Trinajstić information content (AvgIpc) is 3.01. The molecule has 0 unspecified atom stereocenters. The quantitative estimate of drug-likeness (QED) is 0.534. The van der Waals surface area contributed by atoms with Crippen molar-refractivity contribution in [3.8, 4) is 0 Å². The van der Waals surface area contributed by atoms with Crippen LogP contribution in [0.1, 0.15) is 56.9 Å². The Hall–Kier alpha value is -3.03. The highest BCUT2D eigenvalue weighted by Gasteiger charge is 2.34. The first-order valence-electron chi connectivity index (χ1n) is 11.1. The van der Waals surface area contributed by atoms with Crippen LogP contribution in [0.25, 0.3) is 0 Å². The molecule has 4 rings (SSSR count). The average molecular weight is 436 g/mol. The Morgan fingerprint density at radius 2 is 1.56 bits per heavy atom. The molecule has 168 valence electrons. The fourth-order valence-corrected chi connectivity index (χ4v) is 4.40. The fraction of sp³-hybridized carbons (Fsp3) is 0.400. The van der Waals surface area contributed by atoms with Gasteiger partial charge in [-0.05, 0) is 50.1 Å². The van der Waals surface area contributed by atoms with Crippen LogP contribution in [-0.4, -0.2) is 65.9 Å². The summed E-state index contributed by atoms with van der Waals surface area (Å²) in [4.78, 5) is 41.1. The van der Waals surface area contributed by atoms with Gasteiger partial charge in [0.2, 0.25) is 0 Å². The van der Waals surface area contributed by atoms with E-state index in [4.69, 9.17) is 4.74 Å². The number of hydrogen-bond acceptors (Lipinski definition) is 5. The lowest BCUT2D eigenvalue weighted by Gasteiger charge is -2.35. The molecule has 2 aromatic carbocycles. The van der Waals surface area contributed by atoms with Crippen molar-refractivity contribution in [1.82, 2.24) is 15.1 Å². The largest absolute Gasteiger partial charge is 0.373 e. The van der Waals surface area contributed by atoms with E-state index < -0.39 is 0 Å². The second-order valence-corrected chi connectivity index (χ2v) is 8.57. The van der Waals surface area contributed by atoms with Crippen LogP contribution in [0.15, 0.2) is 48.5 Å². The zero-order valence-corrected chi connectivity index (χ0v) is 18.5. The Balaban J connectivity index is 1.25. The van der Waals surface area contributed by atoms with Gasteiger partial charge < -0.3 is 10.1 Å². The SMILES string of the molecule is C[C@@H]1CN(CCCNC(=O)c2ccc(CN3C(=O)c4ccccc4C3=O)cc2)C[C@H](C)O1. The highest BCUT2D eigenvalue weighted by Crippen LogP contribution is 2.24. The van der Waals surface area contributed by atoms with Gasteiger partial charge in [0.05, 0.1) is 29.9 Å². The molecule has 0 bridgehead atoms. The summed E-state index contributed by atoms with van der Waals surface area (Å²) in [5.74, 6) is -0.686. The molecule has 1 N–H and O–H groups in total. The number of morpholine rings is 1. The highest BCUT2D eigenvalue weighted by atomic mass is 16.5. The Labute approximate surface area is 188 Å². The van der Waals surface area contributed by atoms with Crippen LogP contribution < -0.4 is 5.32 Å². The zero-order valence-electron chi connectivity index (χ0n) is 18.5. The third-order valence-corrected chi connectivity index (χ3v) is 5.87. The standard InChI is InChI=1S/C25H29N3O4/c1-17-14-27(15-18(2)32-17)13-5-12-26-23(29)20-10-8-19(9-11-20)16-28-24(30)21-6-3-4-7-22(21)25(28)31/h3-4,6-11,17-18H,5,12-16H2,1-2H3,(H,26,29)/t17-,18+. The molecule has 0 radical (unpaired) electrons. The maximum absolute atomic E-state index is 12.5. The number of benzene rings is 2. The molecule has 1 fully saturated rings. The number of fused-ring (bicyclic) bond motifs is 1. The van der Waals surface area contributed by atoms with E-state index in [1.54, 1.807) is 48.5 Å². The van der Waals surface area contributed by atoms with Gasteiger partial charge in [0.25, 0.3) is 17.7 Å². The van der Waals surface area contributed by atoms with Gasteiger partial charge in [-0.25, -0.2) is 0 Å². The predicted molar refractivity (Wildman–Crippen MR) is 120 cm³/mol. The van der Waals surface area contributed by atoms with Crippen molar-refractivity contribution in [2.24, 2.45) is 0 Å². The van der Waals surface area contributed by atoms with Crippen LogP contribution in [0.4, 0.5) is 0 Å². The molecule has 2 aliphatic heterocycles. The molecule has 2 atom stereocenters. The summed E-state index contributed by atoms with van der Waals surface area (Å²) in [6.45, 7) is 7.74. The third-order valence-electron chi connectivity index (χ3n) is 5.87. The molecule has 0 aliphatic carbocycles. The molecule has 7 heteroatoms. The zero-order chi connectivity index (χ0) is 22.7. The Morgan fingerprint density at radius 1 is 0.969 bits per heavy atom. The van der Waals surface area contributed by atoms with Crippen molar-refractivity contribution in [2.75, 3.05) is 26.2 Å². The molecule has 2 aromatic rings. The summed E-state index contributed by atoms with van der Waals surface area (Å²) in [7, 11) is 0. The molecule has 2 aliphatic rings. The first kappa shape index (κ1) is 22.2. The minimum absolute atomic E-state index is 0.124. The van der Waals surface area contributed by atoms with Crippen LogP contribution in [0.5, 0.6) is 0 Å². The maximum atomic E-state index is 12.5. The van der Waals surface area contributed by atoms with Crippen molar-refractivity contribution < 1.29 is 19.1 Å². The van der Waals surface area contributed by atoms with Crippen molar-refractivity contribution >= 4 is 17.7 Å². The molecule has 3 amide bonds. The molecule has 0 spiro atoms. The minimum Gasteiger partial charge on any atom is -0.373 e. The van der Waals surface area contributed by atoms with Gasteiger partial charge >= 0.3 is 0 Å². The molecule has 32 heavy (non-hydrogen) atoms. The Kier molecular flexibility index (Phi) is 6.67. The van der Waals surface area contributed by atoms with Gasteiger partial charge in [0, 0.05) is 31.7 Å². The second-order valence-electron chi connectivity index (χ2n) is 8.57. The topological polar surface area (TPSA) is 79.0 Å². The fourth-order valence-electron chi connectivity index (χ4n) is 4.40. The van der Waals surface area contributed by atoms with E-state index in [9.17, 15) is 14.4 Å². The summed E-state index contributed by atoms with van der Waals surface area (Å²) >= 11 is 0. The molecule has 2 heterocycles. The highest BCUT2D eigenvalue weighted by molar-refractivity contribution is 6.21. The van der Waals surface area contributed by atoms with Crippen molar-refractivity contribution in [3.05, 3.63) is 70.8 Å². The predicted octanol–water partition coefficient (Wildman–Crippen LogP) is 2.71. The lowest BCUT2D eigenvalue weighted by atomic mass is 10.1. The van der Waals surface area contributed by atoms with Crippen LogP contribution in [0, 0.1) is 0 Å². The van der Waals surface area contributed by atoms with Crippen molar-refractivity contribution in [1.29, 1.82) is 0 Å². The van der Waals surface area contributed by atoms with Crippen molar-refractivity contribution in [2.45, 2.75) is 39.0 Å². The summed E-state index contributed by atoms with van der Waals surface area (Å²) in [6, 6.07) is 13.9. The van der Waals surface area contributed by atoms with Crippen LogP contribution in [-0.2, 0) is 11.3 Å². The van der Waals surface area contributed by atoms with Crippen LogP contribution in [0.2, 0.25) is 0 Å². The number of nitrogens with zero attached hydrogens (tertiary/aromatic N) is 2. The molecule has 7 nitrogen and oxygen atoms in total. The van der Waals surface area contributed by atoms with E-state index in [0.29, 0.717) is 23.2 Å². The smallest absolute Gasteiger partial charge is 0.261 e. The van der Waals surface area contributed by atoms with Gasteiger partial charge in [0.15, 0.2) is 0 Å². The van der Waals surface area contributed by atoms with Crippen LogP contribution >= 0.6 is 0 Å².